The van der Waals surface area contributed by atoms with E-state index >= 15 is 0 Å². The van der Waals surface area contributed by atoms with Gasteiger partial charge in [-0.05, 0) is 48.8 Å². The summed E-state index contributed by atoms with van der Waals surface area (Å²) in [6.45, 7) is 4.65. The summed E-state index contributed by atoms with van der Waals surface area (Å²) in [5, 5.41) is 3.34. The Morgan fingerprint density at radius 2 is 1.92 bits per heavy atom. The first-order chi connectivity index (χ1) is 17.5. The Kier molecular flexibility index (Phi) is 8.75. The molecule has 1 unspecified atom stereocenters. The van der Waals surface area contributed by atoms with E-state index in [1.807, 2.05) is 55.5 Å². The van der Waals surface area contributed by atoms with E-state index in [0.717, 1.165) is 46.9 Å². The minimum Gasteiger partial charge on any atom is -0.493 e. The lowest BCUT2D eigenvalue weighted by Gasteiger charge is -2.34. The largest absolute Gasteiger partial charge is 0.493 e. The van der Waals surface area contributed by atoms with E-state index in [9.17, 15) is 9.59 Å². The molecule has 36 heavy (non-hydrogen) atoms. The first-order valence-corrected chi connectivity index (χ1v) is 13.5. The Hall–Kier alpha value is -3.19. The SMILES string of the molecule is CCSCCOC(=O)C1=C(C)NC2=C(C(=O)CCC2)C1c1ccc(OC)c(OCc2ccccc2)c1. The van der Waals surface area contributed by atoms with Crippen LogP contribution in [0.25, 0.3) is 0 Å². The molecular weight excluding hydrogens is 474 g/mol. The molecule has 1 aliphatic carbocycles. The summed E-state index contributed by atoms with van der Waals surface area (Å²) in [6.07, 6.45) is 2.05. The quantitative estimate of drug-likeness (QED) is 0.334. The summed E-state index contributed by atoms with van der Waals surface area (Å²) in [5.41, 5.74) is 4.59. The second kappa shape index (κ2) is 12.2. The van der Waals surface area contributed by atoms with Crippen LogP contribution >= 0.6 is 11.8 Å². The predicted molar refractivity (Wildman–Crippen MR) is 142 cm³/mol. The Balaban J connectivity index is 1.70. The number of benzene rings is 2. The van der Waals surface area contributed by atoms with Crippen LogP contribution in [0, 0.1) is 0 Å². The molecule has 0 bridgehead atoms. The Labute approximate surface area is 217 Å². The molecule has 2 aromatic rings. The van der Waals surface area contributed by atoms with Gasteiger partial charge in [-0.1, -0.05) is 43.3 Å². The van der Waals surface area contributed by atoms with Crippen LogP contribution in [-0.2, 0) is 20.9 Å². The van der Waals surface area contributed by atoms with E-state index < -0.39 is 11.9 Å². The number of methoxy groups -OCH3 is 1. The summed E-state index contributed by atoms with van der Waals surface area (Å²) in [4.78, 5) is 26.5. The van der Waals surface area contributed by atoms with Crippen LogP contribution in [0.15, 0.2) is 71.1 Å². The third-order valence-electron chi connectivity index (χ3n) is 6.42. The van der Waals surface area contributed by atoms with Gasteiger partial charge < -0.3 is 19.5 Å². The molecule has 190 valence electrons. The average molecular weight is 508 g/mol. The maximum Gasteiger partial charge on any atom is 0.336 e. The smallest absolute Gasteiger partial charge is 0.336 e. The van der Waals surface area contributed by atoms with Gasteiger partial charge in [0.05, 0.1) is 12.7 Å². The summed E-state index contributed by atoms with van der Waals surface area (Å²) in [6, 6.07) is 15.5. The number of hydrogen-bond acceptors (Lipinski definition) is 7. The summed E-state index contributed by atoms with van der Waals surface area (Å²) >= 11 is 1.72. The van der Waals surface area contributed by atoms with Gasteiger partial charge in [-0.15, -0.1) is 0 Å². The van der Waals surface area contributed by atoms with Gasteiger partial charge in [-0.2, -0.15) is 11.8 Å². The molecule has 0 amide bonds. The zero-order valence-electron chi connectivity index (χ0n) is 21.1. The Bertz CT molecular complexity index is 1170. The van der Waals surface area contributed by atoms with Gasteiger partial charge in [0.2, 0.25) is 0 Å². The average Bonchev–Trinajstić information content (AvgIpc) is 2.89. The summed E-state index contributed by atoms with van der Waals surface area (Å²) in [7, 11) is 1.60. The minimum absolute atomic E-state index is 0.0654. The standard InChI is InChI=1S/C29H33NO5S/c1-4-36-16-15-34-29(32)26-19(2)30-22-11-8-12-23(31)28(22)27(26)21-13-14-24(33-3)25(17-21)35-18-20-9-6-5-7-10-20/h5-7,9-10,13-14,17,27,30H,4,8,11-12,15-16,18H2,1-3H3. The maximum absolute atomic E-state index is 13.3. The van der Waals surface area contributed by atoms with E-state index in [1.165, 1.54) is 0 Å². The normalized spacial score (nSPS) is 17.4. The van der Waals surface area contributed by atoms with E-state index in [2.05, 4.69) is 12.2 Å². The van der Waals surface area contributed by atoms with Gasteiger partial charge in [0.1, 0.15) is 13.2 Å². The lowest BCUT2D eigenvalue weighted by Crippen LogP contribution is -2.34. The van der Waals surface area contributed by atoms with E-state index in [4.69, 9.17) is 14.2 Å². The fourth-order valence-corrected chi connectivity index (χ4v) is 5.21. The van der Waals surface area contributed by atoms with Crippen LogP contribution in [0.4, 0.5) is 0 Å². The van der Waals surface area contributed by atoms with Gasteiger partial charge >= 0.3 is 5.97 Å². The first-order valence-electron chi connectivity index (χ1n) is 12.4. The topological polar surface area (TPSA) is 73.9 Å². The molecule has 0 saturated carbocycles. The summed E-state index contributed by atoms with van der Waals surface area (Å²) in [5.74, 6) is 2.00. The molecule has 1 atom stereocenters. The van der Waals surface area contributed by atoms with Crippen molar-refractivity contribution in [1.29, 1.82) is 0 Å². The molecule has 0 fully saturated rings. The maximum atomic E-state index is 13.3. The number of ether oxygens (including phenoxy) is 3. The number of carbonyl (C=O) groups excluding carboxylic acids is 2. The molecular formula is C29H33NO5S. The van der Waals surface area contributed by atoms with Gasteiger partial charge in [-0.25, -0.2) is 4.79 Å². The van der Waals surface area contributed by atoms with Crippen LogP contribution in [-0.4, -0.2) is 37.0 Å². The molecule has 2 aromatic carbocycles. The number of Topliss-reactive ketones (excluding diaryl/α,β-unsaturated/α-hetero) is 1. The van der Waals surface area contributed by atoms with Gasteiger partial charge in [0, 0.05) is 35.1 Å². The molecule has 2 aliphatic rings. The van der Waals surface area contributed by atoms with E-state index in [0.29, 0.717) is 42.3 Å². The molecule has 0 aromatic heterocycles. The fraction of sp³-hybridized carbons (Fsp3) is 0.379. The molecule has 0 spiro atoms. The Morgan fingerprint density at radius 3 is 2.67 bits per heavy atom. The highest BCUT2D eigenvalue weighted by Gasteiger charge is 2.39. The van der Waals surface area contributed by atoms with Crippen LogP contribution in [0.3, 0.4) is 0 Å². The number of allylic oxidation sites excluding steroid dienone is 3. The van der Waals surface area contributed by atoms with Crippen molar-refractivity contribution in [3.8, 4) is 11.5 Å². The van der Waals surface area contributed by atoms with Gasteiger partial charge in [0.25, 0.3) is 0 Å². The third-order valence-corrected chi connectivity index (χ3v) is 7.28. The minimum atomic E-state index is -0.523. The van der Waals surface area contributed by atoms with Gasteiger partial charge in [-0.3, -0.25) is 4.79 Å². The molecule has 6 nitrogen and oxygen atoms in total. The highest BCUT2D eigenvalue weighted by atomic mass is 32.2. The number of carbonyl (C=O) groups is 2. The first kappa shape index (κ1) is 25.9. The van der Waals surface area contributed by atoms with Gasteiger partial charge in [0.15, 0.2) is 17.3 Å². The number of nitrogens with one attached hydrogen (secondary N) is 1. The molecule has 4 rings (SSSR count). The van der Waals surface area contributed by atoms with Crippen molar-refractivity contribution in [2.75, 3.05) is 25.2 Å². The number of ketones is 1. The van der Waals surface area contributed by atoms with Crippen molar-refractivity contribution in [3.63, 3.8) is 0 Å². The second-order valence-electron chi connectivity index (χ2n) is 8.78. The third kappa shape index (κ3) is 5.78. The van der Waals surface area contributed by atoms with E-state index in [1.54, 1.807) is 18.9 Å². The molecule has 0 radical (unpaired) electrons. The number of dihydropyridines is 1. The van der Waals surface area contributed by atoms with Crippen molar-refractivity contribution in [2.24, 2.45) is 0 Å². The zero-order chi connectivity index (χ0) is 25.5. The second-order valence-corrected chi connectivity index (χ2v) is 10.2. The Morgan fingerprint density at radius 1 is 1.11 bits per heavy atom. The molecule has 1 N–H and O–H groups in total. The van der Waals surface area contributed by atoms with Crippen molar-refractivity contribution < 1.29 is 23.8 Å². The zero-order valence-corrected chi connectivity index (χ0v) is 21.9. The van der Waals surface area contributed by atoms with Crippen LogP contribution in [0.5, 0.6) is 11.5 Å². The number of rotatable bonds is 10. The lowest BCUT2D eigenvalue weighted by molar-refractivity contribution is -0.138. The molecule has 1 aliphatic heterocycles. The molecule has 0 saturated heterocycles. The highest BCUT2D eigenvalue weighted by molar-refractivity contribution is 7.99. The molecule has 1 heterocycles. The summed E-state index contributed by atoms with van der Waals surface area (Å²) < 4.78 is 17.4. The van der Waals surface area contributed by atoms with E-state index in [-0.39, 0.29) is 5.78 Å². The van der Waals surface area contributed by atoms with Crippen molar-refractivity contribution in [3.05, 3.63) is 82.2 Å². The van der Waals surface area contributed by atoms with Crippen LogP contribution in [0.2, 0.25) is 0 Å². The molecule has 7 heteroatoms. The van der Waals surface area contributed by atoms with Crippen LogP contribution < -0.4 is 14.8 Å². The number of thioether (sulfide) groups is 1. The van der Waals surface area contributed by atoms with Crippen LogP contribution in [0.1, 0.15) is 50.2 Å². The highest BCUT2D eigenvalue weighted by Crippen LogP contribution is 2.44. The predicted octanol–water partition coefficient (Wildman–Crippen LogP) is 5.54. The monoisotopic (exact) mass is 507 g/mol. The number of esters is 1. The fourth-order valence-electron chi connectivity index (χ4n) is 4.72. The van der Waals surface area contributed by atoms with Crippen molar-refractivity contribution in [1.82, 2.24) is 5.32 Å². The lowest BCUT2D eigenvalue weighted by atomic mass is 9.75. The number of hydrogen-bond donors (Lipinski definition) is 1. The van der Waals surface area contributed by atoms with Crippen molar-refractivity contribution in [2.45, 2.75) is 45.6 Å². The van der Waals surface area contributed by atoms with Crippen molar-refractivity contribution >= 4 is 23.5 Å².